The van der Waals surface area contributed by atoms with E-state index in [1.54, 1.807) is 29.5 Å². The molecule has 2 aromatic rings. The number of hydrogen-bond acceptors (Lipinski definition) is 5. The van der Waals surface area contributed by atoms with Gasteiger partial charge in [0, 0.05) is 16.3 Å². The Morgan fingerprint density at radius 2 is 2.00 bits per heavy atom. The summed E-state index contributed by atoms with van der Waals surface area (Å²) in [5, 5.41) is 5.15. The number of benzene rings is 1. The molecular formula is C12H15N3O2S2. The Morgan fingerprint density at radius 3 is 2.63 bits per heavy atom. The van der Waals surface area contributed by atoms with Crippen LogP contribution in [-0.2, 0) is 16.6 Å². The molecule has 1 aromatic carbocycles. The lowest BCUT2D eigenvalue weighted by molar-refractivity contribution is 0.607. The highest BCUT2D eigenvalue weighted by atomic mass is 32.2. The van der Waals surface area contributed by atoms with Crippen molar-refractivity contribution < 1.29 is 8.42 Å². The van der Waals surface area contributed by atoms with Crippen LogP contribution in [-0.4, -0.2) is 14.7 Å². The van der Waals surface area contributed by atoms with Crippen LogP contribution in [0.25, 0.3) is 0 Å². The maximum atomic E-state index is 11.2. The van der Waals surface area contributed by atoms with Crippen molar-refractivity contribution in [2.75, 3.05) is 22.0 Å². The molecule has 19 heavy (non-hydrogen) atoms. The Hall–Kier alpha value is -1.73. The molecule has 1 heterocycles. The smallest absolute Gasteiger partial charge is 0.229 e. The summed E-state index contributed by atoms with van der Waals surface area (Å²) >= 11 is 1.58. The Bertz CT molecular complexity index is 665. The minimum Gasteiger partial charge on any atom is -0.398 e. The van der Waals surface area contributed by atoms with E-state index in [0.29, 0.717) is 12.2 Å². The first-order valence-electron chi connectivity index (χ1n) is 5.57. The topological polar surface area (TPSA) is 84.2 Å². The fraction of sp³-hybridized carbons (Fsp3) is 0.167. The van der Waals surface area contributed by atoms with Crippen LogP contribution < -0.4 is 15.8 Å². The summed E-state index contributed by atoms with van der Waals surface area (Å²) in [6.07, 6.45) is 1.12. The van der Waals surface area contributed by atoms with Gasteiger partial charge in [0.25, 0.3) is 0 Å². The van der Waals surface area contributed by atoms with Gasteiger partial charge in [-0.1, -0.05) is 6.07 Å². The van der Waals surface area contributed by atoms with E-state index in [9.17, 15) is 8.42 Å². The molecule has 0 amide bonds. The lowest BCUT2D eigenvalue weighted by Gasteiger charge is -2.09. The molecule has 5 nitrogen and oxygen atoms in total. The number of rotatable bonds is 5. The first-order valence-corrected chi connectivity index (χ1v) is 8.35. The summed E-state index contributed by atoms with van der Waals surface area (Å²) in [7, 11) is -3.25. The third kappa shape index (κ3) is 4.15. The van der Waals surface area contributed by atoms with Gasteiger partial charge in [-0.3, -0.25) is 4.72 Å². The Kier molecular flexibility index (Phi) is 3.96. The summed E-state index contributed by atoms with van der Waals surface area (Å²) < 4.78 is 24.7. The zero-order valence-electron chi connectivity index (χ0n) is 10.4. The fourth-order valence-electron chi connectivity index (χ4n) is 1.58. The largest absolute Gasteiger partial charge is 0.398 e. The van der Waals surface area contributed by atoms with Crippen LogP contribution in [0.3, 0.4) is 0 Å². The second kappa shape index (κ2) is 5.50. The van der Waals surface area contributed by atoms with E-state index in [2.05, 4.69) is 10.0 Å². The first kappa shape index (κ1) is 13.7. The second-order valence-electron chi connectivity index (χ2n) is 4.11. The van der Waals surface area contributed by atoms with E-state index in [-0.39, 0.29) is 0 Å². The molecule has 0 atom stereocenters. The normalized spacial score (nSPS) is 11.2. The van der Waals surface area contributed by atoms with Crippen LogP contribution in [0.1, 0.15) is 4.88 Å². The highest BCUT2D eigenvalue weighted by Crippen LogP contribution is 2.21. The number of nitrogens with one attached hydrogen (secondary N) is 2. The molecule has 0 spiro atoms. The number of nitrogens with two attached hydrogens (primary N) is 1. The average molecular weight is 297 g/mol. The molecule has 0 saturated carbocycles. The molecule has 0 aliphatic heterocycles. The van der Waals surface area contributed by atoms with Crippen molar-refractivity contribution in [1.29, 1.82) is 0 Å². The van der Waals surface area contributed by atoms with Gasteiger partial charge in [-0.15, -0.1) is 11.3 Å². The van der Waals surface area contributed by atoms with Crippen molar-refractivity contribution in [3.05, 3.63) is 40.6 Å². The predicted octanol–water partition coefficient (Wildman–Crippen LogP) is 2.31. The fourth-order valence-corrected chi connectivity index (χ4v) is 2.88. The zero-order chi connectivity index (χ0) is 13.9. The SMILES string of the molecule is CS(=O)(=O)Nc1cccc(NCc2sccc2N)c1. The minimum absolute atomic E-state index is 0.534. The summed E-state index contributed by atoms with van der Waals surface area (Å²) in [5.74, 6) is 0. The van der Waals surface area contributed by atoms with Gasteiger partial charge in [0.05, 0.1) is 18.5 Å². The third-order valence-electron chi connectivity index (χ3n) is 2.40. The van der Waals surface area contributed by atoms with Crippen molar-refractivity contribution in [1.82, 2.24) is 0 Å². The van der Waals surface area contributed by atoms with E-state index < -0.39 is 10.0 Å². The highest BCUT2D eigenvalue weighted by molar-refractivity contribution is 7.92. The number of nitrogen functional groups attached to an aromatic ring is 1. The van der Waals surface area contributed by atoms with E-state index in [4.69, 9.17) is 5.73 Å². The van der Waals surface area contributed by atoms with Crippen molar-refractivity contribution in [2.24, 2.45) is 0 Å². The van der Waals surface area contributed by atoms with Gasteiger partial charge in [0.15, 0.2) is 0 Å². The van der Waals surface area contributed by atoms with Crippen LogP contribution >= 0.6 is 11.3 Å². The number of sulfonamides is 1. The predicted molar refractivity (Wildman–Crippen MR) is 81.0 cm³/mol. The number of thiophene rings is 1. The minimum atomic E-state index is -3.25. The van der Waals surface area contributed by atoms with Gasteiger partial charge in [0.2, 0.25) is 10.0 Å². The molecule has 0 radical (unpaired) electrons. The molecular weight excluding hydrogens is 282 g/mol. The molecule has 0 aliphatic carbocycles. The molecule has 0 fully saturated rings. The van der Waals surface area contributed by atoms with Gasteiger partial charge in [-0.25, -0.2) is 8.42 Å². The molecule has 0 unspecified atom stereocenters. The lowest BCUT2D eigenvalue weighted by atomic mass is 10.3. The summed E-state index contributed by atoms with van der Waals surface area (Å²) in [6, 6.07) is 8.96. The van der Waals surface area contributed by atoms with Crippen molar-refractivity contribution in [3.8, 4) is 0 Å². The summed E-state index contributed by atoms with van der Waals surface area (Å²) in [5.41, 5.74) is 7.93. The van der Waals surface area contributed by atoms with Gasteiger partial charge < -0.3 is 11.1 Å². The maximum Gasteiger partial charge on any atom is 0.229 e. The molecule has 2 rings (SSSR count). The second-order valence-corrected chi connectivity index (χ2v) is 6.86. The Morgan fingerprint density at radius 1 is 1.26 bits per heavy atom. The average Bonchev–Trinajstić information content (AvgIpc) is 2.70. The lowest BCUT2D eigenvalue weighted by Crippen LogP contribution is -2.09. The van der Waals surface area contributed by atoms with Crippen LogP contribution in [0.5, 0.6) is 0 Å². The van der Waals surface area contributed by atoms with E-state index in [1.807, 2.05) is 17.5 Å². The quantitative estimate of drug-likeness (QED) is 0.790. The zero-order valence-corrected chi connectivity index (χ0v) is 12.0. The molecule has 4 N–H and O–H groups in total. The maximum absolute atomic E-state index is 11.2. The molecule has 102 valence electrons. The number of anilines is 3. The Balaban J connectivity index is 2.05. The molecule has 7 heteroatoms. The van der Waals surface area contributed by atoms with Crippen LogP contribution in [0.15, 0.2) is 35.7 Å². The van der Waals surface area contributed by atoms with Gasteiger partial charge in [0.1, 0.15) is 0 Å². The van der Waals surface area contributed by atoms with Crippen molar-refractivity contribution in [3.63, 3.8) is 0 Å². The van der Waals surface area contributed by atoms with Gasteiger partial charge >= 0.3 is 0 Å². The highest BCUT2D eigenvalue weighted by Gasteiger charge is 2.03. The summed E-state index contributed by atoms with van der Waals surface area (Å²) in [4.78, 5) is 1.06. The first-order chi connectivity index (χ1) is 8.94. The Labute approximate surface area is 116 Å². The van der Waals surface area contributed by atoms with E-state index >= 15 is 0 Å². The molecule has 0 bridgehead atoms. The summed E-state index contributed by atoms with van der Waals surface area (Å²) in [6.45, 7) is 0.617. The van der Waals surface area contributed by atoms with Crippen LogP contribution in [0.2, 0.25) is 0 Å². The van der Waals surface area contributed by atoms with Crippen molar-refractivity contribution in [2.45, 2.75) is 6.54 Å². The number of hydrogen-bond donors (Lipinski definition) is 3. The van der Waals surface area contributed by atoms with Gasteiger partial charge in [-0.05, 0) is 29.6 Å². The monoisotopic (exact) mass is 297 g/mol. The molecule has 0 aliphatic rings. The molecule has 1 aromatic heterocycles. The van der Waals surface area contributed by atoms with Gasteiger partial charge in [-0.2, -0.15) is 0 Å². The third-order valence-corrected chi connectivity index (χ3v) is 3.94. The van der Waals surface area contributed by atoms with Crippen LogP contribution in [0, 0.1) is 0 Å². The molecule has 0 saturated heterocycles. The van der Waals surface area contributed by atoms with E-state index in [1.165, 1.54) is 0 Å². The van der Waals surface area contributed by atoms with Crippen LogP contribution in [0.4, 0.5) is 17.1 Å². The van der Waals surface area contributed by atoms with E-state index in [0.717, 1.165) is 22.5 Å². The standard InChI is InChI=1S/C12H15N3O2S2/c1-19(16,17)15-10-4-2-3-9(7-10)14-8-12-11(13)5-6-18-12/h2-7,14-15H,8,13H2,1H3. The van der Waals surface area contributed by atoms with Crippen molar-refractivity contribution >= 4 is 38.4 Å².